The van der Waals surface area contributed by atoms with Gasteiger partial charge in [0.05, 0.1) is 12.6 Å². The molecule has 1 rings (SSSR count). The lowest BCUT2D eigenvalue weighted by Crippen LogP contribution is -2.31. The second kappa shape index (κ2) is 8.06. The van der Waals surface area contributed by atoms with Crippen LogP contribution in [-0.4, -0.2) is 18.7 Å². The van der Waals surface area contributed by atoms with Gasteiger partial charge >= 0.3 is 5.97 Å². The zero-order chi connectivity index (χ0) is 12.8. The number of halogens is 2. The molecule has 102 valence electrons. The minimum atomic E-state index is -1.82. The number of rotatable bonds is 5. The van der Waals surface area contributed by atoms with Crippen molar-refractivity contribution in [3.8, 4) is 0 Å². The van der Waals surface area contributed by atoms with Gasteiger partial charge in [-0.15, -0.1) is 12.4 Å². The summed E-state index contributed by atoms with van der Waals surface area (Å²) in [6.07, 6.45) is -0.908. The first kappa shape index (κ1) is 16.9. The fourth-order valence-corrected chi connectivity index (χ4v) is 1.51. The van der Waals surface area contributed by atoms with Crippen molar-refractivity contribution >= 4 is 18.4 Å². The third-order valence-corrected chi connectivity index (χ3v) is 2.60. The molecule has 0 bridgehead atoms. The molecule has 1 aromatic rings. The zero-order valence-corrected chi connectivity index (χ0v) is 11.4. The van der Waals surface area contributed by atoms with Gasteiger partial charge in [-0.3, -0.25) is 0 Å². The number of hydrogen-bond donors (Lipinski definition) is 1. The molecule has 2 N–H and O–H groups in total. The van der Waals surface area contributed by atoms with E-state index >= 15 is 0 Å². The van der Waals surface area contributed by atoms with E-state index in [9.17, 15) is 9.18 Å². The van der Waals surface area contributed by atoms with Gasteiger partial charge in [0.15, 0.2) is 0 Å². The molecule has 0 saturated carbocycles. The molecule has 1 aromatic carbocycles. The van der Waals surface area contributed by atoms with Crippen molar-refractivity contribution in [3.05, 3.63) is 35.4 Å². The van der Waals surface area contributed by atoms with Gasteiger partial charge in [-0.25, -0.2) is 9.18 Å². The van der Waals surface area contributed by atoms with Crippen molar-refractivity contribution in [3.63, 3.8) is 0 Å². The monoisotopic (exact) mass is 275 g/mol. The molecule has 0 aromatic heterocycles. The second-order valence-electron chi connectivity index (χ2n) is 3.77. The average molecular weight is 276 g/mol. The predicted molar refractivity (Wildman–Crippen MR) is 71.5 cm³/mol. The Kier molecular flexibility index (Phi) is 7.55. The normalized spacial score (nSPS) is 13.3. The molecule has 0 spiro atoms. The number of carbonyl (C=O) groups is 1. The molecule has 18 heavy (non-hydrogen) atoms. The van der Waals surface area contributed by atoms with Gasteiger partial charge in [-0.2, -0.15) is 0 Å². The van der Waals surface area contributed by atoms with Gasteiger partial charge in [0, 0.05) is 0 Å². The Morgan fingerprint density at radius 2 is 1.89 bits per heavy atom. The first-order valence-corrected chi connectivity index (χ1v) is 5.75. The number of carbonyl (C=O) groups excluding carboxylic acids is 1. The van der Waals surface area contributed by atoms with Crippen LogP contribution in [0.3, 0.4) is 0 Å². The van der Waals surface area contributed by atoms with E-state index in [0.717, 1.165) is 12.0 Å². The van der Waals surface area contributed by atoms with Gasteiger partial charge in [0.25, 0.3) is 0 Å². The predicted octanol–water partition coefficient (Wildman–Crippen LogP) is 2.57. The van der Waals surface area contributed by atoms with Crippen molar-refractivity contribution in [2.24, 2.45) is 5.73 Å². The lowest BCUT2D eigenvalue weighted by molar-refractivity contribution is -0.149. The summed E-state index contributed by atoms with van der Waals surface area (Å²) >= 11 is 0. The largest absolute Gasteiger partial charge is 0.464 e. The SMILES string of the molecule is CCOC(=O)C(F)[C@@H](N)c1ccc(CC)cc1.Cl. The Bertz CT molecular complexity index is 370. The number of benzene rings is 1. The third-order valence-electron chi connectivity index (χ3n) is 2.60. The maximum atomic E-state index is 13.6. The topological polar surface area (TPSA) is 52.3 Å². The molecule has 5 heteroatoms. The van der Waals surface area contributed by atoms with Crippen LogP contribution in [0.4, 0.5) is 4.39 Å². The standard InChI is InChI=1S/C13H18FNO2.ClH/c1-3-9-5-7-10(8-6-9)12(15)11(14)13(16)17-4-2;/h5-8,11-12H,3-4,15H2,1-2H3;1H/t11?,12-;/m0./s1. The van der Waals surface area contributed by atoms with E-state index < -0.39 is 18.2 Å². The smallest absolute Gasteiger partial charge is 0.342 e. The zero-order valence-electron chi connectivity index (χ0n) is 10.6. The number of hydrogen-bond acceptors (Lipinski definition) is 3. The van der Waals surface area contributed by atoms with Crippen LogP contribution < -0.4 is 5.73 Å². The van der Waals surface area contributed by atoms with E-state index in [-0.39, 0.29) is 19.0 Å². The Balaban J connectivity index is 0.00000289. The Morgan fingerprint density at radius 1 is 1.33 bits per heavy atom. The molecular weight excluding hydrogens is 257 g/mol. The summed E-state index contributed by atoms with van der Waals surface area (Å²) in [6.45, 7) is 3.82. The molecule has 3 nitrogen and oxygen atoms in total. The first-order chi connectivity index (χ1) is 8.10. The van der Waals surface area contributed by atoms with Crippen molar-refractivity contribution < 1.29 is 13.9 Å². The van der Waals surface area contributed by atoms with E-state index in [0.29, 0.717) is 5.56 Å². The van der Waals surface area contributed by atoms with Crippen LogP contribution in [-0.2, 0) is 16.0 Å². The van der Waals surface area contributed by atoms with E-state index in [1.54, 1.807) is 19.1 Å². The molecule has 0 fully saturated rings. The van der Waals surface area contributed by atoms with Crippen LogP contribution >= 0.6 is 12.4 Å². The summed E-state index contributed by atoms with van der Waals surface area (Å²) in [5, 5.41) is 0. The number of nitrogens with two attached hydrogens (primary N) is 1. The molecule has 0 heterocycles. The summed E-state index contributed by atoms with van der Waals surface area (Å²) in [7, 11) is 0. The Hall–Kier alpha value is -1.13. The van der Waals surface area contributed by atoms with Crippen molar-refractivity contribution in [1.29, 1.82) is 0 Å². The summed E-state index contributed by atoms with van der Waals surface area (Å²) in [5.41, 5.74) is 7.43. The van der Waals surface area contributed by atoms with Gasteiger partial charge < -0.3 is 10.5 Å². The van der Waals surface area contributed by atoms with Crippen molar-refractivity contribution in [2.75, 3.05) is 6.61 Å². The molecular formula is C13H19ClFNO2. The summed E-state index contributed by atoms with van der Waals surface area (Å²) in [5.74, 6) is -0.903. The van der Waals surface area contributed by atoms with Gasteiger partial charge in [-0.1, -0.05) is 31.2 Å². The first-order valence-electron chi connectivity index (χ1n) is 5.75. The molecule has 0 aliphatic carbocycles. The highest BCUT2D eigenvalue weighted by Crippen LogP contribution is 2.18. The van der Waals surface area contributed by atoms with E-state index in [1.165, 1.54) is 0 Å². The highest BCUT2D eigenvalue weighted by atomic mass is 35.5. The van der Waals surface area contributed by atoms with Gasteiger partial charge in [0.1, 0.15) is 0 Å². The van der Waals surface area contributed by atoms with Crippen LogP contribution in [0.15, 0.2) is 24.3 Å². The highest BCUT2D eigenvalue weighted by Gasteiger charge is 2.27. The quantitative estimate of drug-likeness (QED) is 0.841. The molecule has 0 aliphatic heterocycles. The molecule has 2 atom stereocenters. The molecule has 0 radical (unpaired) electrons. The van der Waals surface area contributed by atoms with Crippen LogP contribution in [0.5, 0.6) is 0 Å². The molecule has 1 unspecified atom stereocenters. The minimum absolute atomic E-state index is 0. The van der Waals surface area contributed by atoms with Gasteiger partial charge in [0.2, 0.25) is 6.17 Å². The fraction of sp³-hybridized carbons (Fsp3) is 0.462. The number of alkyl halides is 1. The fourth-order valence-electron chi connectivity index (χ4n) is 1.51. The maximum Gasteiger partial charge on any atom is 0.342 e. The summed E-state index contributed by atoms with van der Waals surface area (Å²) in [4.78, 5) is 11.2. The van der Waals surface area contributed by atoms with Crippen LogP contribution in [0.25, 0.3) is 0 Å². The highest BCUT2D eigenvalue weighted by molar-refractivity contribution is 5.85. The van der Waals surface area contributed by atoms with Crippen molar-refractivity contribution in [2.45, 2.75) is 32.5 Å². The number of ether oxygens (including phenoxy) is 1. The van der Waals surface area contributed by atoms with E-state index in [2.05, 4.69) is 4.74 Å². The molecule has 0 aliphatic rings. The summed E-state index contributed by atoms with van der Waals surface area (Å²) in [6, 6.07) is 6.28. The summed E-state index contributed by atoms with van der Waals surface area (Å²) < 4.78 is 18.2. The minimum Gasteiger partial charge on any atom is -0.464 e. The van der Waals surface area contributed by atoms with Crippen LogP contribution in [0.2, 0.25) is 0 Å². The Labute approximate surface area is 113 Å². The number of esters is 1. The third kappa shape index (κ3) is 4.27. The van der Waals surface area contributed by atoms with E-state index in [4.69, 9.17) is 5.73 Å². The van der Waals surface area contributed by atoms with Gasteiger partial charge in [-0.05, 0) is 24.5 Å². The second-order valence-corrected chi connectivity index (χ2v) is 3.77. The molecule has 0 saturated heterocycles. The van der Waals surface area contributed by atoms with Crippen LogP contribution in [0, 0.1) is 0 Å². The lowest BCUT2D eigenvalue weighted by atomic mass is 10.0. The van der Waals surface area contributed by atoms with E-state index in [1.807, 2.05) is 19.1 Å². The lowest BCUT2D eigenvalue weighted by Gasteiger charge is -2.16. The van der Waals surface area contributed by atoms with Crippen molar-refractivity contribution in [1.82, 2.24) is 0 Å². The Morgan fingerprint density at radius 3 is 2.33 bits per heavy atom. The number of aryl methyl sites for hydroxylation is 1. The van der Waals surface area contributed by atoms with Crippen LogP contribution in [0.1, 0.15) is 31.0 Å². The molecule has 0 amide bonds. The average Bonchev–Trinajstić information content (AvgIpc) is 2.37. The maximum absolute atomic E-state index is 13.6.